The molecular formula is C16H22N2O5. The molecule has 0 saturated carbocycles. The zero-order valence-corrected chi connectivity index (χ0v) is 13.0. The summed E-state index contributed by atoms with van der Waals surface area (Å²) in [4.78, 5) is 23.5. The number of aryl methyl sites for hydroxylation is 1. The number of benzene rings is 1. The first-order valence-corrected chi connectivity index (χ1v) is 7.29. The molecule has 0 aliphatic rings. The van der Waals surface area contributed by atoms with Crippen LogP contribution in [0.15, 0.2) is 30.9 Å². The molecule has 2 amide bonds. The van der Waals surface area contributed by atoms with Crippen molar-refractivity contribution in [2.75, 3.05) is 13.2 Å². The Morgan fingerprint density at radius 1 is 1.43 bits per heavy atom. The molecule has 0 fully saturated rings. The van der Waals surface area contributed by atoms with Gasteiger partial charge in [-0.15, -0.1) is 0 Å². The number of rotatable bonds is 9. The van der Waals surface area contributed by atoms with E-state index in [-0.39, 0.29) is 0 Å². The summed E-state index contributed by atoms with van der Waals surface area (Å²) in [7, 11) is 0. The van der Waals surface area contributed by atoms with Crippen molar-refractivity contribution in [2.24, 2.45) is 0 Å². The molecule has 7 heteroatoms. The van der Waals surface area contributed by atoms with Crippen molar-refractivity contribution >= 4 is 11.8 Å². The number of amides is 2. The summed E-state index contributed by atoms with van der Waals surface area (Å²) in [5.74, 6) is -0.740. The van der Waals surface area contributed by atoms with Gasteiger partial charge in [0.25, 0.3) is 11.8 Å². The molecule has 0 aliphatic heterocycles. The van der Waals surface area contributed by atoms with E-state index in [0.717, 1.165) is 18.4 Å². The van der Waals surface area contributed by atoms with Crippen molar-refractivity contribution in [3.05, 3.63) is 42.0 Å². The van der Waals surface area contributed by atoms with Gasteiger partial charge in [-0.3, -0.25) is 14.8 Å². The Labute approximate surface area is 134 Å². The molecule has 0 spiro atoms. The van der Waals surface area contributed by atoms with Crippen LogP contribution in [-0.2, 0) is 11.2 Å². The third-order valence-electron chi connectivity index (χ3n) is 3.11. The smallest absolute Gasteiger partial charge is 0.268 e. The van der Waals surface area contributed by atoms with Gasteiger partial charge >= 0.3 is 0 Å². The summed E-state index contributed by atoms with van der Waals surface area (Å²) in [6.07, 6.45) is 3.24. The minimum absolute atomic E-state index is 0.337. The monoisotopic (exact) mass is 322 g/mol. The van der Waals surface area contributed by atoms with Crippen molar-refractivity contribution < 1.29 is 24.6 Å². The maximum atomic E-state index is 12.2. The summed E-state index contributed by atoms with van der Waals surface area (Å²) in [5.41, 5.74) is 2.60. The number of aliphatic hydroxyl groups excluding tert-OH is 1. The summed E-state index contributed by atoms with van der Waals surface area (Å²) >= 11 is 0. The summed E-state index contributed by atoms with van der Waals surface area (Å²) in [6.45, 7) is 5.35. The standard InChI is InChI=1S/C16H22N2O5/c1-3-5-11-9-12(6-7-14(11)23-8-4-2)15(20)17-13(10-19)16(21)18-22/h4,6-7,9,13,19,22H,2-3,5,8,10H2,1H3,(H,17,20)(H,18,21). The molecule has 1 atom stereocenters. The predicted octanol–water partition coefficient (Wildman–Crippen LogP) is 0.800. The maximum Gasteiger partial charge on any atom is 0.268 e. The third kappa shape index (κ3) is 5.39. The number of hydroxylamine groups is 1. The zero-order valence-electron chi connectivity index (χ0n) is 13.0. The number of aliphatic hydroxyl groups is 1. The van der Waals surface area contributed by atoms with Gasteiger partial charge in [-0.1, -0.05) is 26.0 Å². The minimum atomic E-state index is -1.22. The third-order valence-corrected chi connectivity index (χ3v) is 3.11. The van der Waals surface area contributed by atoms with E-state index < -0.39 is 24.5 Å². The van der Waals surface area contributed by atoms with Crippen LogP contribution in [0.4, 0.5) is 0 Å². The number of carbonyl (C=O) groups excluding carboxylic acids is 2. The van der Waals surface area contributed by atoms with Crippen LogP contribution in [0.5, 0.6) is 5.75 Å². The minimum Gasteiger partial charge on any atom is -0.489 e. The van der Waals surface area contributed by atoms with E-state index in [1.54, 1.807) is 24.3 Å². The second-order valence-corrected chi connectivity index (χ2v) is 4.86. The lowest BCUT2D eigenvalue weighted by Gasteiger charge is -2.15. The fourth-order valence-electron chi connectivity index (χ4n) is 1.99. The van der Waals surface area contributed by atoms with Gasteiger partial charge in [-0.25, -0.2) is 5.48 Å². The molecule has 126 valence electrons. The summed E-state index contributed by atoms with van der Waals surface area (Å²) < 4.78 is 5.54. The molecule has 7 nitrogen and oxygen atoms in total. The van der Waals surface area contributed by atoms with Crippen molar-refractivity contribution in [3.8, 4) is 5.75 Å². The quantitative estimate of drug-likeness (QED) is 0.305. The van der Waals surface area contributed by atoms with Crippen LogP contribution in [0.1, 0.15) is 29.3 Å². The van der Waals surface area contributed by atoms with Crippen molar-refractivity contribution in [1.82, 2.24) is 10.8 Å². The van der Waals surface area contributed by atoms with Gasteiger partial charge in [0.1, 0.15) is 18.4 Å². The van der Waals surface area contributed by atoms with E-state index in [2.05, 4.69) is 11.9 Å². The van der Waals surface area contributed by atoms with Crippen LogP contribution in [0.3, 0.4) is 0 Å². The molecule has 0 saturated heterocycles. The second kappa shape index (κ2) is 9.60. The van der Waals surface area contributed by atoms with E-state index >= 15 is 0 Å². The maximum absolute atomic E-state index is 12.2. The van der Waals surface area contributed by atoms with Gasteiger partial charge in [0.2, 0.25) is 0 Å². The van der Waals surface area contributed by atoms with Gasteiger partial charge < -0.3 is 15.2 Å². The van der Waals surface area contributed by atoms with Gasteiger partial charge in [-0.05, 0) is 30.2 Å². The predicted molar refractivity (Wildman–Crippen MR) is 84.4 cm³/mol. The van der Waals surface area contributed by atoms with E-state index in [4.69, 9.17) is 15.1 Å². The Morgan fingerprint density at radius 3 is 2.74 bits per heavy atom. The van der Waals surface area contributed by atoms with Crippen molar-refractivity contribution in [3.63, 3.8) is 0 Å². The SMILES string of the molecule is C=CCOc1ccc(C(=O)NC(CO)C(=O)NO)cc1CCC. The van der Waals surface area contributed by atoms with Crippen molar-refractivity contribution in [2.45, 2.75) is 25.8 Å². The lowest BCUT2D eigenvalue weighted by Crippen LogP contribution is -2.48. The van der Waals surface area contributed by atoms with Crippen LogP contribution >= 0.6 is 0 Å². The van der Waals surface area contributed by atoms with E-state index in [1.165, 1.54) is 5.48 Å². The molecule has 23 heavy (non-hydrogen) atoms. The second-order valence-electron chi connectivity index (χ2n) is 4.86. The first-order valence-electron chi connectivity index (χ1n) is 7.29. The number of hydrogen-bond donors (Lipinski definition) is 4. The lowest BCUT2D eigenvalue weighted by atomic mass is 10.0. The first-order chi connectivity index (χ1) is 11.1. The topological polar surface area (TPSA) is 108 Å². The number of ether oxygens (including phenoxy) is 1. The molecule has 1 rings (SSSR count). The van der Waals surface area contributed by atoms with Crippen LogP contribution in [0, 0.1) is 0 Å². The molecule has 4 N–H and O–H groups in total. The molecule has 1 aromatic carbocycles. The largest absolute Gasteiger partial charge is 0.489 e. The van der Waals surface area contributed by atoms with Crippen molar-refractivity contribution in [1.29, 1.82) is 0 Å². The van der Waals surface area contributed by atoms with Gasteiger partial charge in [-0.2, -0.15) is 0 Å². The van der Waals surface area contributed by atoms with Gasteiger partial charge in [0.05, 0.1) is 6.61 Å². The average Bonchev–Trinajstić information content (AvgIpc) is 2.57. The highest BCUT2D eigenvalue weighted by atomic mass is 16.5. The Kier molecular flexibility index (Phi) is 7.79. The Balaban J connectivity index is 2.93. The number of nitrogens with one attached hydrogen (secondary N) is 2. The molecule has 0 aliphatic carbocycles. The highest BCUT2D eigenvalue weighted by molar-refractivity contribution is 5.97. The van der Waals surface area contributed by atoms with Crippen LogP contribution < -0.4 is 15.5 Å². The Bertz CT molecular complexity index is 559. The zero-order chi connectivity index (χ0) is 17.2. The molecule has 0 bridgehead atoms. The van der Waals surface area contributed by atoms with Gasteiger partial charge in [0, 0.05) is 5.56 Å². The van der Waals surface area contributed by atoms with E-state index in [0.29, 0.717) is 17.9 Å². The highest BCUT2D eigenvalue weighted by Crippen LogP contribution is 2.22. The molecule has 0 heterocycles. The molecule has 0 radical (unpaired) electrons. The molecule has 0 aromatic heterocycles. The number of carbonyl (C=O) groups is 2. The molecule has 1 aromatic rings. The van der Waals surface area contributed by atoms with Crippen LogP contribution in [-0.4, -0.2) is 41.4 Å². The van der Waals surface area contributed by atoms with Gasteiger partial charge in [0.15, 0.2) is 0 Å². The number of hydrogen-bond acceptors (Lipinski definition) is 5. The fourth-order valence-corrected chi connectivity index (χ4v) is 1.99. The fraction of sp³-hybridized carbons (Fsp3) is 0.375. The molecular weight excluding hydrogens is 300 g/mol. The van der Waals surface area contributed by atoms with E-state index in [1.807, 2.05) is 6.92 Å². The van der Waals surface area contributed by atoms with E-state index in [9.17, 15) is 9.59 Å². The Morgan fingerprint density at radius 2 is 2.17 bits per heavy atom. The first kappa shape index (κ1) is 18.7. The van der Waals surface area contributed by atoms with Crippen LogP contribution in [0.2, 0.25) is 0 Å². The summed E-state index contributed by atoms with van der Waals surface area (Å²) in [6, 6.07) is 3.71. The molecule has 1 unspecified atom stereocenters. The summed E-state index contributed by atoms with van der Waals surface area (Å²) in [5, 5.41) is 20.0. The highest BCUT2D eigenvalue weighted by Gasteiger charge is 2.20. The Hall–Kier alpha value is -2.38. The van der Waals surface area contributed by atoms with Crippen LogP contribution in [0.25, 0.3) is 0 Å². The average molecular weight is 322 g/mol. The lowest BCUT2D eigenvalue weighted by molar-refractivity contribution is -0.132. The normalized spacial score (nSPS) is 11.4.